The van der Waals surface area contributed by atoms with Crippen LogP contribution in [0, 0.1) is 6.92 Å². The van der Waals surface area contributed by atoms with Crippen molar-refractivity contribution < 1.29 is 22.8 Å². The molecule has 0 aliphatic carbocycles. The fourth-order valence-corrected chi connectivity index (χ4v) is 4.25. The molecule has 178 valence electrons. The molecule has 0 unspecified atom stereocenters. The second-order valence-electron chi connectivity index (χ2n) is 7.96. The van der Waals surface area contributed by atoms with Gasteiger partial charge in [-0.3, -0.25) is 18.7 Å². The topological polar surface area (TPSA) is 104 Å². The Morgan fingerprint density at radius 3 is 2.30 bits per heavy atom. The number of sulfonamides is 1. The third-order valence-electron chi connectivity index (χ3n) is 5.17. The fraction of sp³-hybridized carbons (Fsp3) is 0.375. The number of benzene rings is 2. The third kappa shape index (κ3) is 7.15. The number of hydrogen-bond donors (Lipinski definition) is 1. The molecule has 8 nitrogen and oxygen atoms in total. The van der Waals surface area contributed by atoms with Crippen LogP contribution < -0.4 is 9.62 Å². The zero-order chi connectivity index (χ0) is 24.8. The van der Waals surface area contributed by atoms with Gasteiger partial charge < -0.3 is 10.2 Å². The van der Waals surface area contributed by atoms with Crippen molar-refractivity contribution in [1.82, 2.24) is 10.2 Å². The molecule has 0 aliphatic heterocycles. The van der Waals surface area contributed by atoms with Gasteiger partial charge >= 0.3 is 0 Å². The summed E-state index contributed by atoms with van der Waals surface area (Å²) in [7, 11) is -3.85. The summed E-state index contributed by atoms with van der Waals surface area (Å²) in [6, 6.07) is 12.8. The standard InChI is InChI=1S/C24H31N3O5S/c1-6-25-24(30)18(3)26(15-20-10-7-9-17(2)13-20)23(29)16-27(33(5,31)32)22-12-8-11-21(14-22)19(4)28/h7-14,18H,6,15-16H2,1-5H3,(H,25,30)/t18-/m0/s1. The molecule has 0 fully saturated rings. The normalized spacial score (nSPS) is 12.0. The van der Waals surface area contributed by atoms with Crippen LogP contribution in [0.25, 0.3) is 0 Å². The summed E-state index contributed by atoms with van der Waals surface area (Å²) >= 11 is 0. The largest absolute Gasteiger partial charge is 0.355 e. The van der Waals surface area contributed by atoms with E-state index in [1.54, 1.807) is 26.0 Å². The molecule has 0 bridgehead atoms. The number of anilines is 1. The van der Waals surface area contributed by atoms with E-state index < -0.39 is 28.5 Å². The molecule has 0 aliphatic rings. The quantitative estimate of drug-likeness (QED) is 0.534. The first-order valence-electron chi connectivity index (χ1n) is 10.7. The van der Waals surface area contributed by atoms with Gasteiger partial charge in [-0.2, -0.15) is 0 Å². The summed E-state index contributed by atoms with van der Waals surface area (Å²) in [4.78, 5) is 39.1. The Balaban J connectivity index is 2.42. The van der Waals surface area contributed by atoms with E-state index in [1.807, 2.05) is 31.2 Å². The molecule has 2 aromatic carbocycles. The third-order valence-corrected chi connectivity index (χ3v) is 6.31. The van der Waals surface area contributed by atoms with Crippen LogP contribution in [0.1, 0.15) is 42.3 Å². The van der Waals surface area contributed by atoms with Crippen LogP contribution >= 0.6 is 0 Å². The molecule has 2 amide bonds. The Morgan fingerprint density at radius 2 is 1.73 bits per heavy atom. The highest BCUT2D eigenvalue weighted by Crippen LogP contribution is 2.21. The van der Waals surface area contributed by atoms with E-state index in [-0.39, 0.29) is 23.9 Å². The molecule has 0 radical (unpaired) electrons. The van der Waals surface area contributed by atoms with E-state index in [9.17, 15) is 22.8 Å². The van der Waals surface area contributed by atoms with Gasteiger partial charge in [0.05, 0.1) is 11.9 Å². The number of Topliss-reactive ketones (excluding diaryl/α,β-unsaturated/α-hetero) is 1. The van der Waals surface area contributed by atoms with E-state index in [0.717, 1.165) is 21.7 Å². The van der Waals surface area contributed by atoms with Crippen molar-refractivity contribution in [2.24, 2.45) is 0 Å². The average Bonchev–Trinajstić information content (AvgIpc) is 2.74. The molecule has 33 heavy (non-hydrogen) atoms. The predicted octanol–water partition coefficient (Wildman–Crippen LogP) is 2.52. The van der Waals surface area contributed by atoms with Crippen molar-refractivity contribution in [3.8, 4) is 0 Å². The van der Waals surface area contributed by atoms with E-state index in [2.05, 4.69) is 5.32 Å². The van der Waals surface area contributed by atoms with Crippen molar-refractivity contribution in [2.45, 2.75) is 40.3 Å². The van der Waals surface area contributed by atoms with E-state index >= 15 is 0 Å². The second-order valence-corrected chi connectivity index (χ2v) is 9.86. The number of carbonyl (C=O) groups is 3. The van der Waals surface area contributed by atoms with Crippen molar-refractivity contribution in [3.63, 3.8) is 0 Å². The molecule has 0 spiro atoms. The molecule has 0 aromatic heterocycles. The minimum Gasteiger partial charge on any atom is -0.355 e. The lowest BCUT2D eigenvalue weighted by atomic mass is 10.1. The Hall–Kier alpha value is -3.20. The van der Waals surface area contributed by atoms with E-state index in [0.29, 0.717) is 12.1 Å². The summed E-state index contributed by atoms with van der Waals surface area (Å²) in [5.74, 6) is -1.08. The number of carbonyl (C=O) groups excluding carboxylic acids is 3. The number of nitrogens with one attached hydrogen (secondary N) is 1. The van der Waals surface area contributed by atoms with Crippen LogP contribution in [0.2, 0.25) is 0 Å². The molecule has 9 heteroatoms. The Bertz CT molecular complexity index is 1130. The average molecular weight is 474 g/mol. The van der Waals surface area contributed by atoms with Gasteiger partial charge in [0.15, 0.2) is 5.78 Å². The van der Waals surface area contributed by atoms with Crippen LogP contribution in [0.3, 0.4) is 0 Å². The summed E-state index contributed by atoms with van der Waals surface area (Å²) in [5.41, 5.74) is 2.37. The minimum atomic E-state index is -3.85. The van der Waals surface area contributed by atoms with Crippen LogP contribution in [0.5, 0.6) is 0 Å². The van der Waals surface area contributed by atoms with Gasteiger partial charge in [0, 0.05) is 18.7 Å². The van der Waals surface area contributed by atoms with Crippen LogP contribution in [0.4, 0.5) is 5.69 Å². The highest BCUT2D eigenvalue weighted by Gasteiger charge is 2.30. The number of aryl methyl sites for hydroxylation is 1. The molecular formula is C24H31N3O5S. The van der Waals surface area contributed by atoms with Crippen LogP contribution in [-0.4, -0.2) is 56.3 Å². The highest BCUT2D eigenvalue weighted by atomic mass is 32.2. The first-order chi connectivity index (χ1) is 15.4. The van der Waals surface area contributed by atoms with Crippen LogP contribution in [-0.2, 0) is 26.2 Å². The lowest BCUT2D eigenvalue weighted by molar-refractivity contribution is -0.139. The first kappa shape index (κ1) is 26.1. The summed E-state index contributed by atoms with van der Waals surface area (Å²) in [5, 5.41) is 2.71. The van der Waals surface area contributed by atoms with Gasteiger partial charge in [-0.15, -0.1) is 0 Å². The monoisotopic (exact) mass is 473 g/mol. The Kier molecular flexibility index (Phi) is 8.76. The van der Waals surface area contributed by atoms with Gasteiger partial charge in [0.2, 0.25) is 21.8 Å². The molecule has 2 rings (SSSR count). The zero-order valence-corrected chi connectivity index (χ0v) is 20.5. The zero-order valence-electron chi connectivity index (χ0n) is 19.7. The number of likely N-dealkylation sites (N-methyl/N-ethyl adjacent to an activating group) is 1. The summed E-state index contributed by atoms with van der Waals surface area (Å²) < 4.78 is 26.1. The number of hydrogen-bond acceptors (Lipinski definition) is 5. The van der Waals surface area contributed by atoms with Gasteiger partial charge in [0.25, 0.3) is 0 Å². The molecule has 0 saturated heterocycles. The van der Waals surface area contributed by atoms with Crippen molar-refractivity contribution in [3.05, 3.63) is 65.2 Å². The second kappa shape index (κ2) is 11.1. The number of nitrogens with zero attached hydrogens (tertiary/aromatic N) is 2. The maximum atomic E-state index is 13.4. The predicted molar refractivity (Wildman–Crippen MR) is 129 cm³/mol. The summed E-state index contributed by atoms with van der Waals surface area (Å²) in [6.45, 7) is 6.75. The fourth-order valence-electron chi connectivity index (χ4n) is 3.41. The molecule has 2 aromatic rings. The Labute approximate surface area is 195 Å². The minimum absolute atomic E-state index is 0.143. The number of ketones is 1. The van der Waals surface area contributed by atoms with Crippen molar-refractivity contribution in [1.29, 1.82) is 0 Å². The molecule has 1 atom stereocenters. The number of amides is 2. The highest BCUT2D eigenvalue weighted by molar-refractivity contribution is 7.92. The maximum Gasteiger partial charge on any atom is 0.244 e. The summed E-state index contributed by atoms with van der Waals surface area (Å²) in [6.07, 6.45) is 0.999. The molecule has 0 heterocycles. The van der Waals surface area contributed by atoms with Gasteiger partial charge in [-0.05, 0) is 45.4 Å². The molecule has 0 saturated carbocycles. The SMILES string of the molecule is CCNC(=O)[C@H](C)N(Cc1cccc(C)c1)C(=O)CN(c1cccc(C(C)=O)c1)S(C)(=O)=O. The van der Waals surface area contributed by atoms with Gasteiger partial charge in [-0.1, -0.05) is 42.0 Å². The van der Waals surface area contributed by atoms with E-state index in [4.69, 9.17) is 0 Å². The lowest BCUT2D eigenvalue weighted by Gasteiger charge is -2.31. The first-order valence-corrected chi connectivity index (χ1v) is 12.5. The van der Waals surface area contributed by atoms with E-state index in [1.165, 1.54) is 24.0 Å². The van der Waals surface area contributed by atoms with Crippen molar-refractivity contribution >= 4 is 33.3 Å². The van der Waals surface area contributed by atoms with Gasteiger partial charge in [-0.25, -0.2) is 8.42 Å². The number of rotatable bonds is 10. The smallest absolute Gasteiger partial charge is 0.244 e. The maximum absolute atomic E-state index is 13.4. The Morgan fingerprint density at radius 1 is 1.06 bits per heavy atom. The molecular weight excluding hydrogens is 442 g/mol. The molecule has 1 N–H and O–H groups in total. The lowest BCUT2D eigenvalue weighted by Crippen LogP contribution is -2.51. The van der Waals surface area contributed by atoms with Gasteiger partial charge in [0.1, 0.15) is 12.6 Å². The van der Waals surface area contributed by atoms with Crippen LogP contribution in [0.15, 0.2) is 48.5 Å². The van der Waals surface area contributed by atoms with Crippen molar-refractivity contribution in [2.75, 3.05) is 23.7 Å².